The van der Waals surface area contributed by atoms with Crippen molar-refractivity contribution in [1.29, 1.82) is 0 Å². The van der Waals surface area contributed by atoms with Crippen molar-refractivity contribution in [1.82, 2.24) is 0 Å². The van der Waals surface area contributed by atoms with E-state index in [1.54, 1.807) is 6.07 Å². The van der Waals surface area contributed by atoms with Gasteiger partial charge in [-0.15, -0.1) is 0 Å². The molecule has 0 aliphatic carbocycles. The summed E-state index contributed by atoms with van der Waals surface area (Å²) in [5.74, 6) is 0.621. The maximum atomic E-state index is 13.0. The Labute approximate surface area is 90.2 Å². The predicted molar refractivity (Wildman–Crippen MR) is 60.4 cm³/mol. The fraction of sp³-hybridized carbons (Fsp3) is 0.500. The summed E-state index contributed by atoms with van der Waals surface area (Å²) in [6, 6.07) is 4.54. The normalized spacial score (nSPS) is 12.5. The van der Waals surface area contributed by atoms with Crippen molar-refractivity contribution in [2.75, 3.05) is 12.3 Å². The largest absolute Gasteiger partial charge is 0.493 e. The van der Waals surface area contributed by atoms with Gasteiger partial charge in [-0.3, -0.25) is 0 Å². The highest BCUT2D eigenvalue weighted by atomic mass is 19.1. The maximum absolute atomic E-state index is 13.0. The summed E-state index contributed by atoms with van der Waals surface area (Å²) >= 11 is 0. The van der Waals surface area contributed by atoms with Crippen LogP contribution >= 0.6 is 0 Å². The van der Waals surface area contributed by atoms with Gasteiger partial charge in [0.25, 0.3) is 0 Å². The highest BCUT2D eigenvalue weighted by molar-refractivity contribution is 5.43. The molecule has 2 N–H and O–H groups in total. The standard InChI is InChI=1S/C12H18FNO/c1-3-4-9(2)8-15-10-5-6-12(14)11(13)7-10/h5-7,9H,3-4,8,14H2,1-2H3. The molecule has 1 rings (SSSR count). The smallest absolute Gasteiger partial charge is 0.149 e. The molecule has 0 saturated carbocycles. The second-order valence-corrected chi connectivity index (χ2v) is 3.89. The van der Waals surface area contributed by atoms with E-state index in [4.69, 9.17) is 10.5 Å². The van der Waals surface area contributed by atoms with Gasteiger partial charge in [0, 0.05) is 6.07 Å². The Bertz CT molecular complexity index is 314. The lowest BCUT2D eigenvalue weighted by molar-refractivity contribution is 0.250. The molecular weight excluding hydrogens is 193 g/mol. The summed E-state index contributed by atoms with van der Waals surface area (Å²) in [5, 5.41) is 0. The molecule has 1 atom stereocenters. The van der Waals surface area contributed by atoms with E-state index >= 15 is 0 Å². The van der Waals surface area contributed by atoms with Crippen molar-refractivity contribution in [2.45, 2.75) is 26.7 Å². The number of hydrogen-bond acceptors (Lipinski definition) is 2. The van der Waals surface area contributed by atoms with Crippen molar-refractivity contribution < 1.29 is 9.13 Å². The fourth-order valence-electron chi connectivity index (χ4n) is 1.41. The van der Waals surface area contributed by atoms with Gasteiger partial charge in [0.05, 0.1) is 12.3 Å². The molecule has 0 aromatic heterocycles. The van der Waals surface area contributed by atoms with Crippen molar-refractivity contribution in [3.63, 3.8) is 0 Å². The molecule has 0 bridgehead atoms. The number of rotatable bonds is 5. The first kappa shape index (κ1) is 11.8. The molecule has 1 aromatic carbocycles. The summed E-state index contributed by atoms with van der Waals surface area (Å²) in [6.07, 6.45) is 2.26. The molecule has 1 unspecified atom stereocenters. The molecule has 15 heavy (non-hydrogen) atoms. The van der Waals surface area contributed by atoms with E-state index in [1.165, 1.54) is 12.1 Å². The molecule has 0 amide bonds. The highest BCUT2D eigenvalue weighted by Gasteiger charge is 2.04. The van der Waals surface area contributed by atoms with Crippen LogP contribution in [0, 0.1) is 11.7 Å². The first-order chi connectivity index (χ1) is 7.13. The third-order valence-electron chi connectivity index (χ3n) is 2.29. The average Bonchev–Trinajstić information content (AvgIpc) is 2.20. The van der Waals surface area contributed by atoms with Gasteiger partial charge in [0.2, 0.25) is 0 Å². The Morgan fingerprint density at radius 1 is 1.47 bits per heavy atom. The van der Waals surface area contributed by atoms with Gasteiger partial charge in [-0.25, -0.2) is 4.39 Å². The van der Waals surface area contributed by atoms with Crippen LogP contribution in [0.2, 0.25) is 0 Å². The van der Waals surface area contributed by atoms with Crippen LogP contribution in [0.25, 0.3) is 0 Å². The van der Waals surface area contributed by atoms with Crippen LogP contribution in [-0.2, 0) is 0 Å². The van der Waals surface area contributed by atoms with E-state index in [1.807, 2.05) is 0 Å². The van der Waals surface area contributed by atoms with Crippen LogP contribution in [0.4, 0.5) is 10.1 Å². The summed E-state index contributed by atoms with van der Waals surface area (Å²) in [5.41, 5.74) is 5.52. The maximum Gasteiger partial charge on any atom is 0.149 e. The zero-order chi connectivity index (χ0) is 11.3. The minimum absolute atomic E-state index is 0.156. The fourth-order valence-corrected chi connectivity index (χ4v) is 1.41. The number of nitrogens with two attached hydrogens (primary N) is 1. The molecule has 0 saturated heterocycles. The molecule has 3 heteroatoms. The number of ether oxygens (including phenoxy) is 1. The molecule has 0 aliphatic rings. The minimum atomic E-state index is -0.421. The Balaban J connectivity index is 2.47. The van der Waals surface area contributed by atoms with E-state index in [0.717, 1.165) is 12.8 Å². The molecule has 0 spiro atoms. The van der Waals surface area contributed by atoms with Gasteiger partial charge in [-0.05, 0) is 24.5 Å². The van der Waals surface area contributed by atoms with E-state index in [0.29, 0.717) is 18.3 Å². The van der Waals surface area contributed by atoms with Crippen LogP contribution in [-0.4, -0.2) is 6.61 Å². The van der Waals surface area contributed by atoms with Crippen molar-refractivity contribution in [2.24, 2.45) is 5.92 Å². The van der Waals surface area contributed by atoms with Gasteiger partial charge in [0.15, 0.2) is 0 Å². The monoisotopic (exact) mass is 211 g/mol. The number of nitrogen functional groups attached to an aromatic ring is 1. The summed E-state index contributed by atoms with van der Waals surface area (Å²) in [4.78, 5) is 0. The molecular formula is C12H18FNO. The van der Waals surface area contributed by atoms with Crippen LogP contribution < -0.4 is 10.5 Å². The third kappa shape index (κ3) is 3.78. The van der Waals surface area contributed by atoms with Gasteiger partial charge in [-0.1, -0.05) is 20.3 Å². The number of anilines is 1. The van der Waals surface area contributed by atoms with Crippen molar-refractivity contribution in [3.8, 4) is 5.75 Å². The van der Waals surface area contributed by atoms with Gasteiger partial charge in [-0.2, -0.15) is 0 Å². The molecule has 1 aromatic rings. The lowest BCUT2D eigenvalue weighted by Gasteiger charge is -2.12. The number of hydrogen-bond donors (Lipinski definition) is 1. The zero-order valence-corrected chi connectivity index (χ0v) is 9.29. The van der Waals surface area contributed by atoms with Gasteiger partial charge >= 0.3 is 0 Å². The van der Waals surface area contributed by atoms with Crippen molar-refractivity contribution >= 4 is 5.69 Å². The number of benzene rings is 1. The molecule has 0 heterocycles. The molecule has 0 fully saturated rings. The topological polar surface area (TPSA) is 35.2 Å². The van der Waals surface area contributed by atoms with Gasteiger partial charge < -0.3 is 10.5 Å². The molecule has 0 radical (unpaired) electrons. The Morgan fingerprint density at radius 2 is 2.20 bits per heavy atom. The van der Waals surface area contributed by atoms with Crippen molar-refractivity contribution in [3.05, 3.63) is 24.0 Å². The minimum Gasteiger partial charge on any atom is -0.493 e. The Hall–Kier alpha value is -1.25. The molecule has 0 aliphatic heterocycles. The van der Waals surface area contributed by atoms with E-state index < -0.39 is 5.82 Å². The van der Waals surface area contributed by atoms with E-state index in [2.05, 4.69) is 13.8 Å². The van der Waals surface area contributed by atoms with E-state index in [9.17, 15) is 4.39 Å². The van der Waals surface area contributed by atoms with Crippen LogP contribution in [0.3, 0.4) is 0 Å². The Kier molecular flexibility index (Phi) is 4.40. The first-order valence-corrected chi connectivity index (χ1v) is 5.31. The quantitative estimate of drug-likeness (QED) is 0.759. The second kappa shape index (κ2) is 5.59. The average molecular weight is 211 g/mol. The zero-order valence-electron chi connectivity index (χ0n) is 9.29. The van der Waals surface area contributed by atoms with E-state index in [-0.39, 0.29) is 5.69 Å². The molecule has 84 valence electrons. The first-order valence-electron chi connectivity index (χ1n) is 5.31. The van der Waals surface area contributed by atoms with Crippen LogP contribution in [0.5, 0.6) is 5.75 Å². The Morgan fingerprint density at radius 3 is 2.80 bits per heavy atom. The summed E-state index contributed by atoms with van der Waals surface area (Å²) in [6.45, 7) is 4.88. The third-order valence-corrected chi connectivity index (χ3v) is 2.29. The van der Waals surface area contributed by atoms with Gasteiger partial charge in [0.1, 0.15) is 11.6 Å². The predicted octanol–water partition coefficient (Wildman–Crippen LogP) is 3.22. The number of halogens is 1. The summed E-state index contributed by atoms with van der Waals surface area (Å²) < 4.78 is 18.5. The van der Waals surface area contributed by atoms with Crippen LogP contribution in [0.1, 0.15) is 26.7 Å². The molecule has 2 nitrogen and oxygen atoms in total. The summed E-state index contributed by atoms with van der Waals surface area (Å²) in [7, 11) is 0. The lowest BCUT2D eigenvalue weighted by atomic mass is 10.1. The second-order valence-electron chi connectivity index (χ2n) is 3.89. The SMILES string of the molecule is CCCC(C)COc1ccc(N)c(F)c1. The highest BCUT2D eigenvalue weighted by Crippen LogP contribution is 2.19. The van der Waals surface area contributed by atoms with Crippen LogP contribution in [0.15, 0.2) is 18.2 Å². The lowest BCUT2D eigenvalue weighted by Crippen LogP contribution is -2.08.